The standard InChI is InChI=1S/C64H124O17P2/c1-5-9-13-17-20-23-26-27-28-29-30-31-32-33-36-39-43-47-51-64(69)81-60(55-75-62(67)49-45-41-37-34-24-21-18-14-10-6-2)57-79-83(72,73)77-53-58(65)52-76-82(70,71)78-56-59(54-74-61(66)48-44-40-16-12-8-4)80-63(68)50-46-42-38-35-25-22-19-15-11-7-3/h58-60,65H,5-57H2,1-4H3,(H,70,71)(H,72,73)/t58-,59+,60+/m0/s1. The van der Waals surface area contributed by atoms with Crippen molar-refractivity contribution in [3.05, 3.63) is 0 Å². The highest BCUT2D eigenvalue weighted by Gasteiger charge is 2.30. The normalized spacial score (nSPS) is 14.2. The van der Waals surface area contributed by atoms with Gasteiger partial charge in [0.1, 0.15) is 19.3 Å². The van der Waals surface area contributed by atoms with Crippen molar-refractivity contribution in [2.45, 2.75) is 348 Å². The maximum absolute atomic E-state index is 13.0. The summed E-state index contributed by atoms with van der Waals surface area (Å²) >= 11 is 0. The predicted octanol–water partition coefficient (Wildman–Crippen LogP) is 17.9. The molecule has 19 heteroatoms. The van der Waals surface area contributed by atoms with E-state index < -0.39 is 97.5 Å². The summed E-state index contributed by atoms with van der Waals surface area (Å²) in [5, 5.41) is 10.5. The number of aliphatic hydroxyl groups is 1. The van der Waals surface area contributed by atoms with E-state index >= 15 is 0 Å². The molecule has 3 N–H and O–H groups in total. The van der Waals surface area contributed by atoms with E-state index in [1.165, 1.54) is 154 Å². The molecule has 0 aliphatic heterocycles. The van der Waals surface area contributed by atoms with Crippen molar-refractivity contribution in [2.24, 2.45) is 0 Å². The molecule has 2 unspecified atom stereocenters. The molecule has 17 nitrogen and oxygen atoms in total. The number of hydrogen-bond donors (Lipinski definition) is 3. The smallest absolute Gasteiger partial charge is 0.462 e. The van der Waals surface area contributed by atoms with Crippen molar-refractivity contribution < 1.29 is 80.2 Å². The van der Waals surface area contributed by atoms with Crippen LogP contribution in [0.2, 0.25) is 0 Å². The molecule has 83 heavy (non-hydrogen) atoms. The van der Waals surface area contributed by atoms with Gasteiger partial charge in [-0.05, 0) is 25.7 Å². The molecule has 0 amide bonds. The molecule has 0 aliphatic carbocycles. The first-order chi connectivity index (χ1) is 40.2. The minimum Gasteiger partial charge on any atom is -0.462 e. The third-order valence-corrected chi connectivity index (χ3v) is 16.8. The zero-order chi connectivity index (χ0) is 61.2. The minimum atomic E-state index is -4.94. The SMILES string of the molecule is CCCCCCCCCCCCCCCCCCCCC(=O)O[C@H](COC(=O)CCCCCCCCCCCC)COP(=O)(O)OC[C@@H](O)COP(=O)(O)OC[C@@H](COC(=O)CCCCCCC)OC(=O)CCCCCCCCCCCC. The van der Waals surface area contributed by atoms with Gasteiger partial charge < -0.3 is 33.8 Å². The number of unbranched alkanes of at least 4 members (excludes halogenated alkanes) is 39. The second-order valence-corrected chi connectivity index (χ2v) is 26.1. The highest BCUT2D eigenvalue weighted by molar-refractivity contribution is 7.47. The minimum absolute atomic E-state index is 0.106. The first-order valence-electron chi connectivity index (χ1n) is 33.8. The average Bonchev–Trinajstić information content (AvgIpc) is 3.47. The molecule has 0 heterocycles. The Morgan fingerprint density at radius 2 is 0.482 bits per heavy atom. The van der Waals surface area contributed by atoms with Crippen LogP contribution >= 0.6 is 15.6 Å². The Morgan fingerprint density at radius 3 is 0.711 bits per heavy atom. The molecule has 0 aromatic rings. The molecule has 0 aliphatic rings. The van der Waals surface area contributed by atoms with Crippen molar-refractivity contribution in [3.63, 3.8) is 0 Å². The van der Waals surface area contributed by atoms with E-state index in [4.69, 9.17) is 37.0 Å². The van der Waals surface area contributed by atoms with Gasteiger partial charge in [0.05, 0.1) is 26.4 Å². The summed E-state index contributed by atoms with van der Waals surface area (Å²) in [5.41, 5.74) is 0. The fourth-order valence-corrected chi connectivity index (χ4v) is 11.2. The van der Waals surface area contributed by atoms with Crippen LogP contribution in [0.4, 0.5) is 0 Å². The molecular weight excluding hydrogens is 1100 g/mol. The number of hydrogen-bond acceptors (Lipinski definition) is 15. The van der Waals surface area contributed by atoms with Gasteiger partial charge in [-0.3, -0.25) is 37.3 Å². The van der Waals surface area contributed by atoms with Gasteiger partial charge in [-0.1, -0.05) is 278 Å². The number of carbonyl (C=O) groups is 4. The Bertz CT molecular complexity index is 1600. The molecule has 0 fully saturated rings. The molecule has 0 spiro atoms. The van der Waals surface area contributed by atoms with E-state index in [2.05, 4.69) is 27.7 Å². The number of esters is 4. The predicted molar refractivity (Wildman–Crippen MR) is 331 cm³/mol. The van der Waals surface area contributed by atoms with E-state index in [1.807, 2.05) is 0 Å². The van der Waals surface area contributed by atoms with Gasteiger partial charge >= 0.3 is 39.5 Å². The van der Waals surface area contributed by atoms with Crippen molar-refractivity contribution >= 4 is 39.5 Å². The number of phosphoric ester groups is 2. The Balaban J connectivity index is 5.12. The first kappa shape index (κ1) is 81.1. The van der Waals surface area contributed by atoms with Crippen molar-refractivity contribution in [1.82, 2.24) is 0 Å². The van der Waals surface area contributed by atoms with E-state index in [0.29, 0.717) is 25.7 Å². The maximum Gasteiger partial charge on any atom is 0.472 e. The molecule has 0 aromatic heterocycles. The van der Waals surface area contributed by atoms with Crippen LogP contribution in [0.5, 0.6) is 0 Å². The fraction of sp³-hybridized carbons (Fsp3) is 0.938. The molecular formula is C64H124O17P2. The summed E-state index contributed by atoms with van der Waals surface area (Å²) in [4.78, 5) is 71.9. The van der Waals surface area contributed by atoms with E-state index in [1.54, 1.807) is 0 Å². The summed E-state index contributed by atoms with van der Waals surface area (Å²) in [5.74, 6) is -2.14. The van der Waals surface area contributed by atoms with Gasteiger partial charge in [-0.2, -0.15) is 0 Å². The number of aliphatic hydroxyl groups excluding tert-OH is 1. The molecule has 0 radical (unpaired) electrons. The highest BCUT2D eigenvalue weighted by atomic mass is 31.2. The van der Waals surface area contributed by atoms with Crippen LogP contribution in [-0.2, 0) is 65.4 Å². The van der Waals surface area contributed by atoms with E-state index in [-0.39, 0.29) is 25.7 Å². The van der Waals surface area contributed by atoms with E-state index in [0.717, 1.165) is 96.3 Å². The number of phosphoric acid groups is 2. The number of rotatable bonds is 65. The van der Waals surface area contributed by atoms with E-state index in [9.17, 15) is 43.2 Å². The summed E-state index contributed by atoms with van der Waals surface area (Å²) < 4.78 is 67.8. The fourth-order valence-electron chi connectivity index (χ4n) is 9.63. The lowest BCUT2D eigenvalue weighted by Gasteiger charge is -2.21. The van der Waals surface area contributed by atoms with Crippen LogP contribution in [0.25, 0.3) is 0 Å². The van der Waals surface area contributed by atoms with Crippen molar-refractivity contribution in [2.75, 3.05) is 39.6 Å². The van der Waals surface area contributed by atoms with Crippen LogP contribution in [0.1, 0.15) is 329 Å². The Kier molecular flexibility index (Phi) is 57.7. The Hall–Kier alpha value is -1.94. The van der Waals surface area contributed by atoms with Gasteiger partial charge in [-0.25, -0.2) is 9.13 Å². The monoisotopic (exact) mass is 1230 g/mol. The Morgan fingerprint density at radius 1 is 0.289 bits per heavy atom. The van der Waals surface area contributed by atoms with Crippen LogP contribution < -0.4 is 0 Å². The van der Waals surface area contributed by atoms with Gasteiger partial charge in [-0.15, -0.1) is 0 Å². The first-order valence-corrected chi connectivity index (χ1v) is 36.8. The quantitative estimate of drug-likeness (QED) is 0.0222. The summed E-state index contributed by atoms with van der Waals surface area (Å²) in [6.45, 7) is 4.79. The number of ether oxygens (including phenoxy) is 4. The highest BCUT2D eigenvalue weighted by Crippen LogP contribution is 2.45. The summed E-state index contributed by atoms with van der Waals surface area (Å²) in [7, 11) is -9.87. The van der Waals surface area contributed by atoms with Crippen LogP contribution in [0.15, 0.2) is 0 Å². The van der Waals surface area contributed by atoms with Crippen molar-refractivity contribution in [1.29, 1.82) is 0 Å². The summed E-state index contributed by atoms with van der Waals surface area (Å²) in [6.07, 6.45) is 44.8. The van der Waals surface area contributed by atoms with Gasteiger partial charge in [0, 0.05) is 25.7 Å². The van der Waals surface area contributed by atoms with Crippen molar-refractivity contribution in [3.8, 4) is 0 Å². The lowest BCUT2D eigenvalue weighted by molar-refractivity contribution is -0.161. The average molecular weight is 1230 g/mol. The Labute approximate surface area is 505 Å². The van der Waals surface area contributed by atoms with Gasteiger partial charge in [0.25, 0.3) is 0 Å². The molecule has 0 rings (SSSR count). The number of carbonyl (C=O) groups excluding carboxylic acids is 4. The topological polar surface area (TPSA) is 237 Å². The lowest BCUT2D eigenvalue weighted by atomic mass is 10.0. The molecule has 492 valence electrons. The molecule has 5 atom stereocenters. The third-order valence-electron chi connectivity index (χ3n) is 14.9. The summed E-state index contributed by atoms with van der Waals surface area (Å²) in [6, 6.07) is 0. The largest absolute Gasteiger partial charge is 0.472 e. The van der Waals surface area contributed by atoms with Gasteiger partial charge in [0.15, 0.2) is 12.2 Å². The second-order valence-electron chi connectivity index (χ2n) is 23.2. The van der Waals surface area contributed by atoms with Crippen LogP contribution in [0, 0.1) is 0 Å². The molecule has 0 saturated carbocycles. The third kappa shape index (κ3) is 58.8. The zero-order valence-electron chi connectivity index (χ0n) is 53.2. The van der Waals surface area contributed by atoms with Crippen LogP contribution in [-0.4, -0.2) is 96.7 Å². The van der Waals surface area contributed by atoms with Crippen LogP contribution in [0.3, 0.4) is 0 Å². The molecule has 0 bridgehead atoms. The molecule has 0 aromatic carbocycles. The zero-order valence-corrected chi connectivity index (χ0v) is 54.9. The lowest BCUT2D eigenvalue weighted by Crippen LogP contribution is -2.30. The second kappa shape index (κ2) is 59.0. The van der Waals surface area contributed by atoms with Gasteiger partial charge in [0.2, 0.25) is 0 Å². The maximum atomic E-state index is 13.0. The molecule has 0 saturated heterocycles.